The van der Waals surface area contributed by atoms with E-state index in [2.05, 4.69) is 40.9 Å². The highest BCUT2D eigenvalue weighted by Crippen LogP contribution is 2.21. The molecule has 0 fully saturated rings. The number of anilines is 1. The first kappa shape index (κ1) is 13.7. The summed E-state index contributed by atoms with van der Waals surface area (Å²) in [5, 5.41) is 7.51. The number of nitrogens with zero attached hydrogens (tertiary/aromatic N) is 1. The zero-order valence-electron chi connectivity index (χ0n) is 11.7. The molecule has 2 nitrogen and oxygen atoms in total. The van der Waals surface area contributed by atoms with Crippen molar-refractivity contribution in [2.45, 2.75) is 6.92 Å². The van der Waals surface area contributed by atoms with Crippen LogP contribution in [0, 0.1) is 0 Å². The van der Waals surface area contributed by atoms with Crippen LogP contribution in [0.15, 0.2) is 71.8 Å². The first-order chi connectivity index (χ1) is 10.2. The summed E-state index contributed by atoms with van der Waals surface area (Å²) in [6.07, 6.45) is 0. The average Bonchev–Trinajstić information content (AvgIpc) is 2.53. The van der Waals surface area contributed by atoms with Crippen LogP contribution in [0.2, 0.25) is 5.02 Å². The highest BCUT2D eigenvalue weighted by atomic mass is 35.5. The highest BCUT2D eigenvalue weighted by Gasteiger charge is 2.01. The lowest BCUT2D eigenvalue weighted by Crippen LogP contribution is -2.00. The number of rotatable bonds is 3. The van der Waals surface area contributed by atoms with Crippen LogP contribution in [0.4, 0.5) is 5.69 Å². The third kappa shape index (κ3) is 3.06. The summed E-state index contributed by atoms with van der Waals surface area (Å²) in [7, 11) is 0. The van der Waals surface area contributed by atoms with Gasteiger partial charge < -0.3 is 0 Å². The van der Waals surface area contributed by atoms with Crippen LogP contribution in [0.3, 0.4) is 0 Å². The molecule has 0 aliphatic rings. The molecule has 3 aromatic rings. The van der Waals surface area contributed by atoms with Crippen LogP contribution >= 0.6 is 11.6 Å². The standard InChI is InChI=1S/C18H15ClN2/c1-13(20-21-18-9-5-4-8-17(18)19)15-11-10-14-6-2-3-7-16(14)12-15/h2-12,21H,1H3/b20-13-. The monoisotopic (exact) mass is 294 g/mol. The van der Waals surface area contributed by atoms with Crippen molar-refractivity contribution in [1.29, 1.82) is 0 Å². The zero-order chi connectivity index (χ0) is 14.7. The number of hydrazone groups is 1. The molecule has 21 heavy (non-hydrogen) atoms. The van der Waals surface area contributed by atoms with Gasteiger partial charge in [0.05, 0.1) is 16.4 Å². The average molecular weight is 295 g/mol. The normalized spacial score (nSPS) is 11.6. The summed E-state index contributed by atoms with van der Waals surface area (Å²) in [5.74, 6) is 0. The Morgan fingerprint density at radius 3 is 2.43 bits per heavy atom. The Morgan fingerprint density at radius 1 is 0.905 bits per heavy atom. The molecule has 3 heteroatoms. The van der Waals surface area contributed by atoms with Gasteiger partial charge >= 0.3 is 0 Å². The second kappa shape index (κ2) is 5.98. The molecule has 0 heterocycles. The number of para-hydroxylation sites is 1. The molecule has 0 aliphatic carbocycles. The predicted octanol–water partition coefficient (Wildman–Crippen LogP) is 5.33. The molecule has 104 valence electrons. The van der Waals surface area contributed by atoms with E-state index in [0.29, 0.717) is 5.02 Å². The number of hydrogen-bond donors (Lipinski definition) is 1. The van der Waals surface area contributed by atoms with E-state index in [9.17, 15) is 0 Å². The first-order valence-electron chi connectivity index (χ1n) is 6.78. The molecule has 0 radical (unpaired) electrons. The minimum Gasteiger partial charge on any atom is -0.277 e. The Labute approximate surface area is 129 Å². The minimum absolute atomic E-state index is 0.660. The number of halogens is 1. The molecule has 0 atom stereocenters. The molecular formula is C18H15ClN2. The summed E-state index contributed by atoms with van der Waals surface area (Å²) in [6, 6.07) is 22.2. The number of hydrogen-bond acceptors (Lipinski definition) is 2. The Balaban J connectivity index is 1.87. The van der Waals surface area contributed by atoms with Gasteiger partial charge in [0.15, 0.2) is 0 Å². The van der Waals surface area contributed by atoms with Crippen LogP contribution in [-0.4, -0.2) is 5.71 Å². The van der Waals surface area contributed by atoms with Gasteiger partial charge in [0.25, 0.3) is 0 Å². The van der Waals surface area contributed by atoms with Gasteiger partial charge in [-0.2, -0.15) is 5.10 Å². The molecule has 0 saturated carbocycles. The van der Waals surface area contributed by atoms with Crippen molar-refractivity contribution in [1.82, 2.24) is 0 Å². The number of fused-ring (bicyclic) bond motifs is 1. The maximum absolute atomic E-state index is 6.10. The van der Waals surface area contributed by atoms with E-state index in [1.165, 1.54) is 10.8 Å². The van der Waals surface area contributed by atoms with Crippen molar-refractivity contribution < 1.29 is 0 Å². The zero-order valence-corrected chi connectivity index (χ0v) is 12.4. The van der Waals surface area contributed by atoms with Gasteiger partial charge in [0.2, 0.25) is 0 Å². The third-order valence-electron chi connectivity index (χ3n) is 3.39. The van der Waals surface area contributed by atoms with Crippen LogP contribution in [0.25, 0.3) is 10.8 Å². The first-order valence-corrected chi connectivity index (χ1v) is 7.16. The van der Waals surface area contributed by atoms with Crippen LogP contribution in [-0.2, 0) is 0 Å². The fraction of sp³-hybridized carbons (Fsp3) is 0.0556. The van der Waals surface area contributed by atoms with Gasteiger partial charge in [-0.1, -0.05) is 60.1 Å². The second-order valence-electron chi connectivity index (χ2n) is 4.85. The Kier molecular flexibility index (Phi) is 3.89. The molecule has 1 N–H and O–H groups in total. The van der Waals surface area contributed by atoms with E-state index < -0.39 is 0 Å². The summed E-state index contributed by atoms with van der Waals surface area (Å²) in [4.78, 5) is 0. The largest absolute Gasteiger partial charge is 0.277 e. The molecule has 0 amide bonds. The molecule has 3 aromatic carbocycles. The van der Waals surface area contributed by atoms with Crippen molar-refractivity contribution in [2.24, 2.45) is 5.10 Å². The van der Waals surface area contributed by atoms with Crippen molar-refractivity contribution in [3.63, 3.8) is 0 Å². The fourth-order valence-electron chi connectivity index (χ4n) is 2.17. The molecule has 0 spiro atoms. The van der Waals surface area contributed by atoms with Gasteiger partial charge in [0, 0.05) is 0 Å². The quantitative estimate of drug-likeness (QED) is 0.512. The molecule has 0 aromatic heterocycles. The molecule has 0 saturated heterocycles. The number of benzene rings is 3. The third-order valence-corrected chi connectivity index (χ3v) is 3.71. The summed E-state index contributed by atoms with van der Waals surface area (Å²) >= 11 is 6.10. The molecule has 0 bridgehead atoms. The Bertz CT molecular complexity index is 809. The van der Waals surface area contributed by atoms with E-state index in [1.54, 1.807) is 0 Å². The SMILES string of the molecule is C/C(=N/Nc1ccccc1Cl)c1ccc2ccccc2c1. The van der Waals surface area contributed by atoms with Crippen molar-refractivity contribution in [3.05, 3.63) is 77.3 Å². The van der Waals surface area contributed by atoms with Crippen molar-refractivity contribution in [2.75, 3.05) is 5.43 Å². The van der Waals surface area contributed by atoms with E-state index >= 15 is 0 Å². The van der Waals surface area contributed by atoms with E-state index in [-0.39, 0.29) is 0 Å². The summed E-state index contributed by atoms with van der Waals surface area (Å²) in [6.45, 7) is 1.98. The van der Waals surface area contributed by atoms with Gasteiger partial charge in [0.1, 0.15) is 0 Å². The second-order valence-corrected chi connectivity index (χ2v) is 5.26. The van der Waals surface area contributed by atoms with Crippen LogP contribution in [0.5, 0.6) is 0 Å². The minimum atomic E-state index is 0.660. The highest BCUT2D eigenvalue weighted by molar-refractivity contribution is 6.33. The van der Waals surface area contributed by atoms with E-state index in [4.69, 9.17) is 11.6 Å². The summed E-state index contributed by atoms with van der Waals surface area (Å²) < 4.78 is 0. The Morgan fingerprint density at radius 2 is 1.62 bits per heavy atom. The maximum Gasteiger partial charge on any atom is 0.0748 e. The lowest BCUT2D eigenvalue weighted by Gasteiger charge is -2.06. The molecular weight excluding hydrogens is 280 g/mol. The Hall–Kier alpha value is -2.32. The molecule has 0 aliphatic heterocycles. The van der Waals surface area contributed by atoms with Gasteiger partial charge in [-0.3, -0.25) is 5.43 Å². The van der Waals surface area contributed by atoms with E-state index in [0.717, 1.165) is 17.0 Å². The van der Waals surface area contributed by atoms with Crippen LogP contribution in [0.1, 0.15) is 12.5 Å². The smallest absolute Gasteiger partial charge is 0.0748 e. The lowest BCUT2D eigenvalue weighted by molar-refractivity contribution is 1.32. The van der Waals surface area contributed by atoms with Gasteiger partial charge in [-0.15, -0.1) is 0 Å². The lowest BCUT2D eigenvalue weighted by atomic mass is 10.0. The van der Waals surface area contributed by atoms with E-state index in [1.807, 2.05) is 43.3 Å². The summed E-state index contributed by atoms with van der Waals surface area (Å²) in [5.41, 5.74) is 5.83. The fourth-order valence-corrected chi connectivity index (χ4v) is 2.35. The molecule has 3 rings (SSSR count). The molecule has 0 unspecified atom stereocenters. The number of nitrogens with one attached hydrogen (secondary N) is 1. The van der Waals surface area contributed by atoms with Gasteiger partial charge in [-0.05, 0) is 41.5 Å². The van der Waals surface area contributed by atoms with Gasteiger partial charge in [-0.25, -0.2) is 0 Å². The maximum atomic E-state index is 6.10. The topological polar surface area (TPSA) is 24.4 Å². The van der Waals surface area contributed by atoms with Crippen molar-refractivity contribution in [3.8, 4) is 0 Å². The predicted molar refractivity (Wildman–Crippen MR) is 91.2 cm³/mol. The van der Waals surface area contributed by atoms with Crippen LogP contribution < -0.4 is 5.43 Å². The van der Waals surface area contributed by atoms with Crippen molar-refractivity contribution >= 4 is 33.8 Å².